The molecular weight excluding hydrogens is 335 g/mol. The zero-order chi connectivity index (χ0) is 16.4. The molecule has 3 rings (SSSR count). The first-order valence-corrected chi connectivity index (χ1v) is 8.56. The predicted octanol–water partition coefficient (Wildman–Crippen LogP) is 2.65. The van der Waals surface area contributed by atoms with Crippen molar-refractivity contribution in [2.24, 2.45) is 0 Å². The van der Waals surface area contributed by atoms with Gasteiger partial charge in [-0.2, -0.15) is 0 Å². The Kier molecular flexibility index (Phi) is 4.77. The molecule has 0 radical (unpaired) electrons. The summed E-state index contributed by atoms with van der Waals surface area (Å²) in [7, 11) is 0. The van der Waals surface area contributed by atoms with E-state index in [0.717, 1.165) is 37.7 Å². The summed E-state index contributed by atoms with van der Waals surface area (Å²) in [6.45, 7) is 1.43. The maximum Gasteiger partial charge on any atom is 0.266 e. The Labute approximate surface area is 143 Å². The van der Waals surface area contributed by atoms with Crippen LogP contribution in [-0.2, 0) is 9.59 Å². The lowest BCUT2D eigenvalue weighted by Crippen LogP contribution is -2.40. The Morgan fingerprint density at radius 2 is 2.00 bits per heavy atom. The van der Waals surface area contributed by atoms with Gasteiger partial charge in [-0.25, -0.2) is 4.39 Å². The highest BCUT2D eigenvalue weighted by molar-refractivity contribution is 8.26. The SMILES string of the molecule is O=C(CN1C(=O)C(=Cc2ccccc2F)SC1=S)N1CCCC1. The number of halogens is 1. The molecule has 1 aromatic carbocycles. The second kappa shape index (κ2) is 6.80. The number of likely N-dealkylation sites (tertiary alicyclic amines) is 1. The Hall–Kier alpha value is -1.73. The fourth-order valence-corrected chi connectivity index (χ4v) is 3.82. The molecule has 0 aliphatic carbocycles. The van der Waals surface area contributed by atoms with Gasteiger partial charge in [0.05, 0.1) is 4.91 Å². The molecule has 2 saturated heterocycles. The maximum absolute atomic E-state index is 13.7. The van der Waals surface area contributed by atoms with Crippen LogP contribution < -0.4 is 0 Å². The number of hydrogen-bond acceptors (Lipinski definition) is 4. The second-order valence-electron chi connectivity index (χ2n) is 5.38. The van der Waals surface area contributed by atoms with Crippen molar-refractivity contribution in [3.05, 3.63) is 40.6 Å². The van der Waals surface area contributed by atoms with Gasteiger partial charge >= 0.3 is 0 Å². The third-order valence-corrected chi connectivity index (χ3v) is 5.20. The Balaban J connectivity index is 1.75. The van der Waals surface area contributed by atoms with Crippen LogP contribution in [0.1, 0.15) is 18.4 Å². The average Bonchev–Trinajstić information content (AvgIpc) is 3.14. The second-order valence-corrected chi connectivity index (χ2v) is 7.05. The zero-order valence-corrected chi connectivity index (χ0v) is 14.0. The minimum Gasteiger partial charge on any atom is -0.341 e. The normalized spacial score (nSPS) is 20.0. The smallest absolute Gasteiger partial charge is 0.266 e. The molecule has 0 aromatic heterocycles. The van der Waals surface area contributed by atoms with Crippen molar-refractivity contribution in [2.45, 2.75) is 12.8 Å². The number of carbonyl (C=O) groups excluding carboxylic acids is 2. The Morgan fingerprint density at radius 3 is 2.70 bits per heavy atom. The summed E-state index contributed by atoms with van der Waals surface area (Å²) in [6.07, 6.45) is 3.48. The average molecular weight is 350 g/mol. The largest absolute Gasteiger partial charge is 0.341 e. The third kappa shape index (κ3) is 3.45. The van der Waals surface area contributed by atoms with E-state index in [-0.39, 0.29) is 18.4 Å². The molecular formula is C16H15FN2O2S2. The first kappa shape index (κ1) is 16.1. The molecule has 0 unspecified atom stereocenters. The van der Waals surface area contributed by atoms with Crippen molar-refractivity contribution in [1.29, 1.82) is 0 Å². The van der Waals surface area contributed by atoms with E-state index >= 15 is 0 Å². The molecule has 7 heteroatoms. The van der Waals surface area contributed by atoms with Crippen LogP contribution in [-0.4, -0.2) is 45.6 Å². The lowest BCUT2D eigenvalue weighted by molar-refractivity contribution is -0.134. The van der Waals surface area contributed by atoms with Crippen molar-refractivity contribution < 1.29 is 14.0 Å². The number of hydrogen-bond donors (Lipinski definition) is 0. The van der Waals surface area contributed by atoms with Gasteiger partial charge < -0.3 is 4.90 Å². The first-order valence-electron chi connectivity index (χ1n) is 7.34. The summed E-state index contributed by atoms with van der Waals surface area (Å²) < 4.78 is 14.0. The molecule has 1 aromatic rings. The van der Waals surface area contributed by atoms with Gasteiger partial charge in [-0.15, -0.1) is 0 Å². The monoisotopic (exact) mass is 350 g/mol. The van der Waals surface area contributed by atoms with E-state index in [0.29, 0.717) is 14.8 Å². The van der Waals surface area contributed by atoms with Crippen LogP contribution in [0, 0.1) is 5.82 Å². The highest BCUT2D eigenvalue weighted by atomic mass is 32.2. The van der Waals surface area contributed by atoms with Crippen molar-refractivity contribution in [3.8, 4) is 0 Å². The molecule has 0 atom stereocenters. The van der Waals surface area contributed by atoms with Crippen LogP contribution in [0.3, 0.4) is 0 Å². The van der Waals surface area contributed by atoms with Gasteiger partial charge in [0.1, 0.15) is 16.7 Å². The van der Waals surface area contributed by atoms with E-state index in [1.165, 1.54) is 17.0 Å². The van der Waals surface area contributed by atoms with E-state index in [2.05, 4.69) is 0 Å². The molecule has 4 nitrogen and oxygen atoms in total. The standard InChI is InChI=1S/C16H15FN2O2S2/c17-12-6-2-1-5-11(12)9-13-15(21)19(16(22)23-13)10-14(20)18-7-3-4-8-18/h1-2,5-6,9H,3-4,7-8,10H2. The third-order valence-electron chi connectivity index (χ3n) is 3.82. The van der Waals surface area contributed by atoms with Crippen molar-refractivity contribution in [3.63, 3.8) is 0 Å². The quantitative estimate of drug-likeness (QED) is 0.621. The van der Waals surface area contributed by atoms with Gasteiger partial charge in [-0.05, 0) is 25.0 Å². The van der Waals surface area contributed by atoms with Gasteiger partial charge in [0.2, 0.25) is 5.91 Å². The topological polar surface area (TPSA) is 40.6 Å². The number of thiocarbonyl (C=S) groups is 1. The van der Waals surface area contributed by atoms with Gasteiger partial charge in [0.15, 0.2) is 0 Å². The van der Waals surface area contributed by atoms with Gasteiger partial charge in [0, 0.05) is 18.7 Å². The van der Waals surface area contributed by atoms with Crippen molar-refractivity contribution in [1.82, 2.24) is 9.80 Å². The van der Waals surface area contributed by atoms with E-state index in [9.17, 15) is 14.0 Å². The number of amides is 2. The molecule has 0 N–H and O–H groups in total. The number of carbonyl (C=O) groups is 2. The van der Waals surface area contributed by atoms with Crippen LogP contribution in [0.4, 0.5) is 4.39 Å². The van der Waals surface area contributed by atoms with Crippen molar-refractivity contribution >= 4 is 46.2 Å². The summed E-state index contributed by atoms with van der Waals surface area (Å²) in [5.74, 6) is -0.826. The van der Waals surface area contributed by atoms with Crippen molar-refractivity contribution in [2.75, 3.05) is 19.6 Å². The van der Waals surface area contributed by atoms with Gasteiger partial charge in [-0.3, -0.25) is 14.5 Å². The molecule has 0 spiro atoms. The van der Waals surface area contributed by atoms with Gasteiger partial charge in [-0.1, -0.05) is 42.2 Å². The molecule has 0 saturated carbocycles. The lowest BCUT2D eigenvalue weighted by atomic mass is 10.2. The Morgan fingerprint density at radius 1 is 1.30 bits per heavy atom. The number of thioether (sulfide) groups is 1. The van der Waals surface area contributed by atoms with Gasteiger partial charge in [0.25, 0.3) is 5.91 Å². The predicted molar refractivity (Wildman–Crippen MR) is 92.1 cm³/mol. The Bertz CT molecular complexity index is 699. The number of benzene rings is 1. The van der Waals surface area contributed by atoms with Crippen LogP contribution in [0.5, 0.6) is 0 Å². The fourth-order valence-electron chi connectivity index (χ4n) is 2.57. The minimum absolute atomic E-state index is 0.0424. The van der Waals surface area contributed by atoms with E-state index in [1.54, 1.807) is 23.1 Å². The first-order chi connectivity index (χ1) is 11.1. The fraction of sp³-hybridized carbons (Fsp3) is 0.312. The highest BCUT2D eigenvalue weighted by Gasteiger charge is 2.34. The molecule has 23 heavy (non-hydrogen) atoms. The summed E-state index contributed by atoms with van der Waals surface area (Å²) in [6, 6.07) is 6.22. The molecule has 0 bridgehead atoms. The minimum atomic E-state index is -0.397. The van der Waals surface area contributed by atoms with Crippen LogP contribution in [0.2, 0.25) is 0 Å². The van der Waals surface area contributed by atoms with Crippen LogP contribution in [0.25, 0.3) is 6.08 Å². The lowest BCUT2D eigenvalue weighted by Gasteiger charge is -2.19. The van der Waals surface area contributed by atoms with E-state index in [4.69, 9.17) is 12.2 Å². The molecule has 2 amide bonds. The van der Waals surface area contributed by atoms with E-state index < -0.39 is 5.82 Å². The molecule has 2 aliphatic heterocycles. The highest BCUT2D eigenvalue weighted by Crippen LogP contribution is 2.32. The molecule has 2 aliphatic rings. The molecule has 2 heterocycles. The molecule has 2 fully saturated rings. The number of rotatable bonds is 3. The van der Waals surface area contributed by atoms with Crippen LogP contribution >= 0.6 is 24.0 Å². The summed E-state index contributed by atoms with van der Waals surface area (Å²) in [4.78, 5) is 28.0. The maximum atomic E-state index is 13.7. The summed E-state index contributed by atoms with van der Waals surface area (Å²) in [5.41, 5.74) is 0.332. The number of nitrogens with zero attached hydrogens (tertiary/aromatic N) is 2. The summed E-state index contributed by atoms with van der Waals surface area (Å²) in [5, 5.41) is 0. The zero-order valence-electron chi connectivity index (χ0n) is 12.3. The molecule has 120 valence electrons. The van der Waals surface area contributed by atoms with Crippen LogP contribution in [0.15, 0.2) is 29.2 Å². The van der Waals surface area contributed by atoms with E-state index in [1.807, 2.05) is 0 Å². The summed E-state index contributed by atoms with van der Waals surface area (Å²) >= 11 is 6.30.